The Kier molecular flexibility index (Phi) is 3.85. The lowest BCUT2D eigenvalue weighted by Gasteiger charge is -2.14. The summed E-state index contributed by atoms with van der Waals surface area (Å²) >= 11 is 0. The van der Waals surface area contributed by atoms with E-state index in [0.717, 1.165) is 5.56 Å². The Morgan fingerprint density at radius 3 is 2.73 bits per heavy atom. The first-order valence-corrected chi connectivity index (χ1v) is 8.03. The van der Waals surface area contributed by atoms with Crippen molar-refractivity contribution in [3.05, 3.63) is 60.6 Å². The number of carbonyl (C=O) groups excluding carboxylic acids is 1. The van der Waals surface area contributed by atoms with Crippen molar-refractivity contribution in [2.45, 2.75) is 13.0 Å². The minimum absolute atomic E-state index is 0.0366. The second kappa shape index (κ2) is 6.32. The van der Waals surface area contributed by atoms with E-state index in [9.17, 15) is 4.79 Å². The standard InChI is InChI=1S/C18H16N6O2/c1-11(12-6-3-2-4-7-12)21-18(25)24-10-20-15-14(13-8-5-9-26-13)22-17(19)23-16(15)24/h2-11H,1H3,(H,21,25)(H2,19,22,23). The molecule has 4 rings (SSSR count). The van der Waals surface area contributed by atoms with Crippen molar-refractivity contribution in [3.63, 3.8) is 0 Å². The molecule has 4 aromatic rings. The van der Waals surface area contributed by atoms with E-state index in [1.807, 2.05) is 37.3 Å². The van der Waals surface area contributed by atoms with Crippen molar-refractivity contribution in [2.75, 3.05) is 5.73 Å². The molecule has 0 fully saturated rings. The van der Waals surface area contributed by atoms with Crippen molar-refractivity contribution in [3.8, 4) is 11.5 Å². The van der Waals surface area contributed by atoms with Crippen LogP contribution in [-0.4, -0.2) is 25.6 Å². The molecule has 8 nitrogen and oxygen atoms in total. The molecule has 1 unspecified atom stereocenters. The zero-order valence-corrected chi connectivity index (χ0v) is 14.0. The minimum Gasteiger partial charge on any atom is -0.463 e. The van der Waals surface area contributed by atoms with Gasteiger partial charge < -0.3 is 15.5 Å². The SMILES string of the molecule is CC(NC(=O)n1cnc2c(-c3ccco3)nc(N)nc21)c1ccccc1. The Labute approximate surface area is 148 Å². The van der Waals surface area contributed by atoms with Crippen molar-refractivity contribution >= 4 is 23.1 Å². The number of anilines is 1. The van der Waals surface area contributed by atoms with Crippen LogP contribution in [0.5, 0.6) is 0 Å². The van der Waals surface area contributed by atoms with Crippen molar-refractivity contribution in [1.29, 1.82) is 0 Å². The summed E-state index contributed by atoms with van der Waals surface area (Å²) in [6.45, 7) is 1.91. The highest BCUT2D eigenvalue weighted by molar-refractivity contribution is 5.93. The maximum absolute atomic E-state index is 12.7. The average molecular weight is 348 g/mol. The number of nitrogen functional groups attached to an aromatic ring is 1. The van der Waals surface area contributed by atoms with Gasteiger partial charge in [-0.05, 0) is 24.6 Å². The van der Waals surface area contributed by atoms with Gasteiger partial charge in [0.05, 0.1) is 12.3 Å². The highest BCUT2D eigenvalue weighted by Gasteiger charge is 2.19. The van der Waals surface area contributed by atoms with Crippen molar-refractivity contribution in [2.24, 2.45) is 0 Å². The number of nitrogens with one attached hydrogen (secondary N) is 1. The molecule has 26 heavy (non-hydrogen) atoms. The number of imidazole rings is 1. The van der Waals surface area contributed by atoms with Gasteiger partial charge in [0.25, 0.3) is 0 Å². The third-order valence-electron chi connectivity index (χ3n) is 4.03. The summed E-state index contributed by atoms with van der Waals surface area (Å²) in [4.78, 5) is 25.3. The van der Waals surface area contributed by atoms with Gasteiger partial charge in [-0.25, -0.2) is 19.3 Å². The average Bonchev–Trinajstić information content (AvgIpc) is 3.31. The number of amides is 1. The van der Waals surface area contributed by atoms with Gasteiger partial charge in [0.2, 0.25) is 5.95 Å². The number of benzene rings is 1. The second-order valence-electron chi connectivity index (χ2n) is 5.78. The molecule has 0 aliphatic heterocycles. The molecule has 0 radical (unpaired) electrons. The molecule has 1 amide bonds. The number of rotatable bonds is 3. The summed E-state index contributed by atoms with van der Waals surface area (Å²) in [5.41, 5.74) is 8.02. The van der Waals surface area contributed by atoms with E-state index in [0.29, 0.717) is 22.6 Å². The molecule has 3 heterocycles. The van der Waals surface area contributed by atoms with Crippen LogP contribution in [0.4, 0.5) is 10.7 Å². The number of nitrogens with two attached hydrogens (primary N) is 1. The quantitative estimate of drug-likeness (QED) is 0.588. The monoisotopic (exact) mass is 348 g/mol. The van der Waals surface area contributed by atoms with Crippen LogP contribution < -0.4 is 11.1 Å². The number of carbonyl (C=O) groups is 1. The Hall–Kier alpha value is -3.68. The van der Waals surface area contributed by atoms with Gasteiger partial charge in [0, 0.05) is 0 Å². The summed E-state index contributed by atoms with van der Waals surface area (Å²) in [5, 5.41) is 2.92. The maximum Gasteiger partial charge on any atom is 0.329 e. The van der Waals surface area contributed by atoms with Gasteiger partial charge >= 0.3 is 6.03 Å². The fourth-order valence-electron chi connectivity index (χ4n) is 2.73. The summed E-state index contributed by atoms with van der Waals surface area (Å²) in [6, 6.07) is 12.6. The Morgan fingerprint density at radius 1 is 1.19 bits per heavy atom. The number of hydrogen-bond acceptors (Lipinski definition) is 6. The molecule has 3 aromatic heterocycles. The van der Waals surface area contributed by atoms with E-state index in [2.05, 4.69) is 20.3 Å². The van der Waals surface area contributed by atoms with Crippen molar-refractivity contribution in [1.82, 2.24) is 24.8 Å². The van der Waals surface area contributed by atoms with E-state index < -0.39 is 0 Å². The first-order chi connectivity index (χ1) is 12.6. The predicted molar refractivity (Wildman–Crippen MR) is 96.2 cm³/mol. The van der Waals surface area contributed by atoms with Gasteiger partial charge in [-0.15, -0.1) is 0 Å². The molecule has 3 N–H and O–H groups in total. The molecule has 1 aromatic carbocycles. The van der Waals surface area contributed by atoms with Crippen LogP contribution in [-0.2, 0) is 0 Å². The molecular formula is C18H16N6O2. The first-order valence-electron chi connectivity index (χ1n) is 8.03. The van der Waals surface area contributed by atoms with Gasteiger partial charge in [-0.3, -0.25) is 0 Å². The lowest BCUT2D eigenvalue weighted by atomic mass is 10.1. The molecule has 0 saturated heterocycles. The highest BCUT2D eigenvalue weighted by atomic mass is 16.3. The summed E-state index contributed by atoms with van der Waals surface area (Å²) < 4.78 is 6.70. The van der Waals surface area contributed by atoms with Crippen LogP contribution >= 0.6 is 0 Å². The fourth-order valence-corrected chi connectivity index (χ4v) is 2.73. The maximum atomic E-state index is 12.7. The summed E-state index contributed by atoms with van der Waals surface area (Å²) in [6.07, 6.45) is 2.93. The van der Waals surface area contributed by atoms with E-state index in [4.69, 9.17) is 10.2 Å². The molecule has 130 valence electrons. The number of aromatic nitrogens is 4. The van der Waals surface area contributed by atoms with Crippen LogP contribution in [0.3, 0.4) is 0 Å². The number of fused-ring (bicyclic) bond motifs is 1. The predicted octanol–water partition coefficient (Wildman–Crippen LogP) is 2.99. The summed E-state index contributed by atoms with van der Waals surface area (Å²) in [7, 11) is 0. The molecule has 0 spiro atoms. The molecule has 0 bridgehead atoms. The third kappa shape index (κ3) is 2.77. The normalized spacial score (nSPS) is 12.2. The fraction of sp³-hybridized carbons (Fsp3) is 0.111. The second-order valence-corrected chi connectivity index (χ2v) is 5.78. The topological polar surface area (TPSA) is 112 Å². The molecule has 0 aliphatic carbocycles. The zero-order valence-electron chi connectivity index (χ0n) is 14.0. The van der Waals surface area contributed by atoms with Gasteiger partial charge in [-0.2, -0.15) is 4.98 Å². The van der Waals surface area contributed by atoms with Gasteiger partial charge in [0.1, 0.15) is 17.5 Å². The van der Waals surface area contributed by atoms with Crippen LogP contribution in [0, 0.1) is 0 Å². The third-order valence-corrected chi connectivity index (χ3v) is 4.03. The van der Waals surface area contributed by atoms with Crippen molar-refractivity contribution < 1.29 is 9.21 Å². The number of furan rings is 1. The van der Waals surface area contributed by atoms with E-state index in [1.165, 1.54) is 17.2 Å². The van der Waals surface area contributed by atoms with E-state index in [1.54, 1.807) is 12.1 Å². The smallest absolute Gasteiger partial charge is 0.329 e. The minimum atomic E-state index is -0.354. The molecular weight excluding hydrogens is 332 g/mol. The molecule has 0 saturated carbocycles. The number of nitrogens with zero attached hydrogens (tertiary/aromatic N) is 4. The molecule has 8 heteroatoms. The molecule has 1 atom stereocenters. The van der Waals surface area contributed by atoms with E-state index in [-0.39, 0.29) is 18.0 Å². The van der Waals surface area contributed by atoms with Crippen LogP contribution in [0.25, 0.3) is 22.6 Å². The first kappa shape index (κ1) is 15.8. The lowest BCUT2D eigenvalue weighted by molar-refractivity contribution is 0.240. The lowest BCUT2D eigenvalue weighted by Crippen LogP contribution is -2.30. The Balaban J connectivity index is 1.70. The Bertz CT molecular complexity index is 1060. The van der Waals surface area contributed by atoms with Gasteiger partial charge in [0.15, 0.2) is 11.4 Å². The summed E-state index contributed by atoms with van der Waals surface area (Å²) in [5.74, 6) is 0.543. The van der Waals surface area contributed by atoms with Gasteiger partial charge in [-0.1, -0.05) is 30.3 Å². The van der Waals surface area contributed by atoms with Crippen LogP contribution in [0.1, 0.15) is 18.5 Å². The highest BCUT2D eigenvalue weighted by Crippen LogP contribution is 2.26. The molecule has 0 aliphatic rings. The number of hydrogen-bond donors (Lipinski definition) is 2. The zero-order chi connectivity index (χ0) is 18.1. The van der Waals surface area contributed by atoms with E-state index >= 15 is 0 Å². The largest absolute Gasteiger partial charge is 0.463 e. The van der Waals surface area contributed by atoms with Crippen LogP contribution in [0.2, 0.25) is 0 Å². The van der Waals surface area contributed by atoms with Crippen LogP contribution in [0.15, 0.2) is 59.5 Å². The Morgan fingerprint density at radius 2 is 2.00 bits per heavy atom.